The van der Waals surface area contributed by atoms with E-state index >= 15 is 0 Å². The Bertz CT molecular complexity index is 1110. The third-order valence-corrected chi connectivity index (χ3v) is 7.16. The zero-order valence-electron chi connectivity index (χ0n) is 19.1. The highest BCUT2D eigenvalue weighted by Gasteiger charge is 2.21. The predicted octanol–water partition coefficient (Wildman–Crippen LogP) is 3.48. The number of aryl methyl sites for hydroxylation is 2. The molecule has 7 nitrogen and oxygen atoms in total. The Hall–Kier alpha value is -2.84. The van der Waals surface area contributed by atoms with Gasteiger partial charge in [0.1, 0.15) is 0 Å². The lowest BCUT2D eigenvalue weighted by molar-refractivity contribution is 0.0944. The minimum atomic E-state index is -0.153. The average molecular weight is 455 g/mol. The highest BCUT2D eigenvalue weighted by Crippen LogP contribution is 2.32. The number of nitrogens with one attached hydrogen (secondary N) is 1. The summed E-state index contributed by atoms with van der Waals surface area (Å²) >= 11 is 1.77. The molecule has 1 aromatic heterocycles. The number of piperazine rings is 1. The lowest BCUT2D eigenvalue weighted by atomic mass is 10.1. The van der Waals surface area contributed by atoms with Gasteiger partial charge < -0.3 is 19.7 Å². The van der Waals surface area contributed by atoms with Gasteiger partial charge in [-0.2, -0.15) is 0 Å². The fraction of sp³-hybridized carbons (Fsp3) is 0.417. The molecule has 1 N–H and O–H groups in total. The van der Waals surface area contributed by atoms with Crippen molar-refractivity contribution in [1.82, 2.24) is 15.2 Å². The molecule has 4 rings (SSSR count). The summed E-state index contributed by atoms with van der Waals surface area (Å²) in [5.41, 5.74) is 4.17. The van der Waals surface area contributed by atoms with E-state index in [2.05, 4.69) is 41.1 Å². The van der Waals surface area contributed by atoms with E-state index < -0.39 is 0 Å². The number of hydrogen-bond donors (Lipinski definition) is 1. The van der Waals surface area contributed by atoms with Gasteiger partial charge in [-0.05, 0) is 43.2 Å². The molecule has 0 bridgehead atoms. The number of benzene rings is 2. The van der Waals surface area contributed by atoms with Crippen LogP contribution in [-0.2, 0) is 0 Å². The van der Waals surface area contributed by atoms with Crippen LogP contribution in [0.4, 0.5) is 5.13 Å². The van der Waals surface area contributed by atoms with E-state index in [9.17, 15) is 4.79 Å². The van der Waals surface area contributed by atoms with Crippen molar-refractivity contribution in [2.45, 2.75) is 13.8 Å². The molecule has 32 heavy (non-hydrogen) atoms. The molecule has 0 aliphatic carbocycles. The Balaban J connectivity index is 1.29. The third-order valence-electron chi connectivity index (χ3n) is 6.08. The van der Waals surface area contributed by atoms with Gasteiger partial charge in [0.05, 0.1) is 30.0 Å². The van der Waals surface area contributed by atoms with Crippen LogP contribution in [0.3, 0.4) is 0 Å². The first-order valence-electron chi connectivity index (χ1n) is 10.8. The first-order chi connectivity index (χ1) is 15.5. The largest absolute Gasteiger partial charge is 0.493 e. The van der Waals surface area contributed by atoms with Crippen LogP contribution >= 0.6 is 11.3 Å². The van der Waals surface area contributed by atoms with Crippen molar-refractivity contribution in [3.63, 3.8) is 0 Å². The second-order valence-corrected chi connectivity index (χ2v) is 8.99. The van der Waals surface area contributed by atoms with Crippen LogP contribution in [0.2, 0.25) is 0 Å². The fourth-order valence-corrected chi connectivity index (χ4v) is 5.08. The van der Waals surface area contributed by atoms with Gasteiger partial charge >= 0.3 is 0 Å². The Morgan fingerprint density at radius 2 is 1.88 bits per heavy atom. The molecule has 8 heteroatoms. The maximum absolute atomic E-state index is 12.6. The number of rotatable bonds is 7. The summed E-state index contributed by atoms with van der Waals surface area (Å²) in [6.45, 7) is 9.45. The van der Waals surface area contributed by atoms with Gasteiger partial charge in [-0.15, -0.1) is 0 Å². The molecule has 3 aromatic rings. The molecular weight excluding hydrogens is 424 g/mol. The molecule has 1 amide bonds. The van der Waals surface area contributed by atoms with Gasteiger partial charge in [0.2, 0.25) is 0 Å². The molecule has 0 radical (unpaired) electrons. The van der Waals surface area contributed by atoms with Gasteiger partial charge in [-0.1, -0.05) is 23.5 Å². The molecule has 0 saturated carbocycles. The highest BCUT2D eigenvalue weighted by molar-refractivity contribution is 7.22. The number of fused-ring (bicyclic) bond motifs is 1. The number of carbonyl (C=O) groups is 1. The summed E-state index contributed by atoms with van der Waals surface area (Å²) in [6.07, 6.45) is 0. The SMILES string of the molecule is COc1cccc(C(=O)NCCN2CCN(c3nc4c(C)c(C)ccc4s3)CC2)c1OC. The van der Waals surface area contributed by atoms with Crippen molar-refractivity contribution in [3.05, 3.63) is 47.0 Å². The summed E-state index contributed by atoms with van der Waals surface area (Å²) < 4.78 is 11.9. The number of thiazole rings is 1. The first-order valence-corrected chi connectivity index (χ1v) is 11.7. The minimum absolute atomic E-state index is 0.153. The van der Waals surface area contributed by atoms with Gasteiger partial charge in [0.25, 0.3) is 5.91 Å². The second kappa shape index (κ2) is 9.75. The Morgan fingerprint density at radius 1 is 1.09 bits per heavy atom. The fourth-order valence-electron chi connectivity index (χ4n) is 4.00. The van der Waals surface area contributed by atoms with E-state index in [-0.39, 0.29) is 5.91 Å². The number of ether oxygens (including phenoxy) is 2. The monoisotopic (exact) mass is 454 g/mol. The topological polar surface area (TPSA) is 66.9 Å². The van der Waals surface area contributed by atoms with Crippen LogP contribution < -0.4 is 19.7 Å². The maximum Gasteiger partial charge on any atom is 0.255 e. The number of para-hydroxylation sites is 1. The Kier molecular flexibility index (Phi) is 6.81. The van der Waals surface area contributed by atoms with Gasteiger partial charge in [-0.25, -0.2) is 4.98 Å². The van der Waals surface area contributed by atoms with Crippen LogP contribution in [0.15, 0.2) is 30.3 Å². The molecule has 2 heterocycles. The molecule has 0 spiro atoms. The van der Waals surface area contributed by atoms with Gasteiger partial charge in [0, 0.05) is 39.3 Å². The summed E-state index contributed by atoms with van der Waals surface area (Å²) in [5, 5.41) is 4.11. The van der Waals surface area contributed by atoms with E-state index in [4.69, 9.17) is 14.5 Å². The first kappa shape index (κ1) is 22.4. The van der Waals surface area contributed by atoms with E-state index in [0.717, 1.165) is 43.4 Å². The third kappa shape index (κ3) is 4.52. The average Bonchev–Trinajstić information content (AvgIpc) is 3.26. The number of hydrogen-bond acceptors (Lipinski definition) is 7. The normalized spacial score (nSPS) is 14.6. The number of methoxy groups -OCH3 is 2. The zero-order chi connectivity index (χ0) is 22.7. The maximum atomic E-state index is 12.6. The lowest BCUT2D eigenvalue weighted by Gasteiger charge is -2.34. The van der Waals surface area contributed by atoms with Crippen molar-refractivity contribution in [2.75, 3.05) is 58.4 Å². The van der Waals surface area contributed by atoms with Crippen LogP contribution in [-0.4, -0.2) is 69.3 Å². The zero-order valence-corrected chi connectivity index (χ0v) is 19.9. The Morgan fingerprint density at radius 3 is 2.59 bits per heavy atom. The van der Waals surface area contributed by atoms with Crippen LogP contribution in [0.1, 0.15) is 21.5 Å². The summed E-state index contributed by atoms with van der Waals surface area (Å²) in [5.74, 6) is 0.860. The number of amides is 1. The van der Waals surface area contributed by atoms with Crippen molar-refractivity contribution in [1.29, 1.82) is 0 Å². The molecule has 1 aliphatic heterocycles. The van der Waals surface area contributed by atoms with Crippen molar-refractivity contribution in [2.24, 2.45) is 0 Å². The minimum Gasteiger partial charge on any atom is -0.493 e. The molecule has 1 fully saturated rings. The molecule has 1 aliphatic rings. The Labute approximate surface area is 192 Å². The van der Waals surface area contributed by atoms with Crippen LogP contribution in [0.5, 0.6) is 11.5 Å². The molecule has 2 aromatic carbocycles. The van der Waals surface area contributed by atoms with E-state index in [1.807, 2.05) is 0 Å². The number of aromatic nitrogens is 1. The number of carbonyl (C=O) groups excluding carboxylic acids is 1. The van der Waals surface area contributed by atoms with Gasteiger partial charge in [-0.3, -0.25) is 9.69 Å². The molecule has 1 saturated heterocycles. The summed E-state index contributed by atoms with van der Waals surface area (Å²) in [7, 11) is 3.11. The standard InChI is InChI=1S/C24H30N4O3S/c1-16-8-9-20-21(17(16)2)26-24(32-20)28-14-12-27(13-15-28)11-10-25-23(29)18-6-5-7-19(30-3)22(18)31-4/h5-9H,10-15H2,1-4H3,(H,25,29). The van der Waals surface area contributed by atoms with Crippen molar-refractivity contribution >= 4 is 32.6 Å². The van der Waals surface area contributed by atoms with E-state index in [0.29, 0.717) is 23.6 Å². The van der Waals surface area contributed by atoms with Crippen molar-refractivity contribution < 1.29 is 14.3 Å². The second-order valence-electron chi connectivity index (χ2n) is 7.98. The predicted molar refractivity (Wildman–Crippen MR) is 130 cm³/mol. The lowest BCUT2D eigenvalue weighted by Crippen LogP contribution is -2.48. The van der Waals surface area contributed by atoms with Gasteiger partial charge in [0.15, 0.2) is 16.6 Å². The number of anilines is 1. The number of nitrogens with zero attached hydrogens (tertiary/aromatic N) is 3. The van der Waals surface area contributed by atoms with Crippen LogP contribution in [0, 0.1) is 13.8 Å². The van der Waals surface area contributed by atoms with Crippen LogP contribution in [0.25, 0.3) is 10.2 Å². The highest BCUT2D eigenvalue weighted by atomic mass is 32.1. The molecular formula is C24H30N4O3S. The van der Waals surface area contributed by atoms with E-state index in [1.54, 1.807) is 43.8 Å². The molecule has 0 atom stereocenters. The summed E-state index contributed by atoms with van der Waals surface area (Å²) in [4.78, 5) is 22.3. The molecule has 0 unspecified atom stereocenters. The summed E-state index contributed by atoms with van der Waals surface area (Å²) in [6, 6.07) is 9.67. The van der Waals surface area contributed by atoms with E-state index in [1.165, 1.54) is 15.8 Å². The smallest absolute Gasteiger partial charge is 0.255 e. The molecule has 170 valence electrons. The quantitative estimate of drug-likeness (QED) is 0.590. The van der Waals surface area contributed by atoms with Crippen molar-refractivity contribution in [3.8, 4) is 11.5 Å².